The SMILES string of the molecule is CC(O)=C1C=CC(=Nc2ccc(N(C)C)cc2SS(=O)(=O)O)C=C1. The van der Waals surface area contributed by atoms with Crippen LogP contribution < -0.4 is 4.90 Å². The van der Waals surface area contributed by atoms with Crippen LogP contribution in [0.25, 0.3) is 0 Å². The first-order chi connectivity index (χ1) is 11.2. The Balaban J connectivity index is 2.43. The average Bonchev–Trinajstić information content (AvgIpc) is 2.48. The maximum absolute atomic E-state index is 11.2. The normalized spacial score (nSPS) is 14.0. The van der Waals surface area contributed by atoms with Crippen LogP contribution in [0.4, 0.5) is 11.4 Å². The Morgan fingerprint density at radius 1 is 1.17 bits per heavy atom. The average molecular weight is 366 g/mol. The van der Waals surface area contributed by atoms with Gasteiger partial charge in [0.05, 0.1) is 22.1 Å². The molecule has 1 aliphatic rings. The molecular weight excluding hydrogens is 348 g/mol. The van der Waals surface area contributed by atoms with Crippen LogP contribution in [-0.2, 0) is 9.15 Å². The fourth-order valence-electron chi connectivity index (χ4n) is 1.97. The standard InChI is InChI=1S/C16H18N2O4S2/c1-11(19)12-4-6-13(7-5-12)17-15-9-8-14(18(2)3)10-16(15)23-24(20,21)22/h4-10,19H,1-3H3,(H,20,21,22). The topological polar surface area (TPSA) is 90.2 Å². The molecule has 24 heavy (non-hydrogen) atoms. The zero-order valence-corrected chi connectivity index (χ0v) is 15.1. The third-order valence-electron chi connectivity index (χ3n) is 3.19. The number of hydrogen-bond acceptors (Lipinski definition) is 6. The van der Waals surface area contributed by atoms with E-state index in [1.54, 1.807) is 43.4 Å². The molecule has 6 nitrogen and oxygen atoms in total. The summed E-state index contributed by atoms with van der Waals surface area (Å²) in [5, 5.41) is 9.44. The van der Waals surface area contributed by atoms with Crippen LogP contribution in [0.3, 0.4) is 0 Å². The van der Waals surface area contributed by atoms with Gasteiger partial charge in [-0.25, -0.2) is 4.99 Å². The number of nitrogens with zero attached hydrogens (tertiary/aromatic N) is 2. The van der Waals surface area contributed by atoms with E-state index in [0.717, 1.165) is 5.69 Å². The minimum absolute atomic E-state index is 0.208. The van der Waals surface area contributed by atoms with E-state index in [9.17, 15) is 13.5 Å². The van der Waals surface area contributed by atoms with Gasteiger partial charge in [-0.15, -0.1) is 0 Å². The first-order valence-corrected chi connectivity index (χ1v) is 9.76. The third-order valence-corrected chi connectivity index (χ3v) is 5.08. The van der Waals surface area contributed by atoms with E-state index in [1.807, 2.05) is 25.1 Å². The molecule has 0 amide bonds. The Hall–Kier alpha value is -2.03. The number of aliphatic imine (C=N–C) groups is 1. The van der Waals surface area contributed by atoms with Gasteiger partial charge < -0.3 is 10.0 Å². The minimum atomic E-state index is -4.25. The van der Waals surface area contributed by atoms with Crippen molar-refractivity contribution in [2.45, 2.75) is 11.8 Å². The molecular formula is C16H18N2O4S2. The Kier molecular flexibility index (Phi) is 5.53. The highest BCUT2D eigenvalue weighted by Crippen LogP contribution is 2.36. The molecule has 0 heterocycles. The molecule has 128 valence electrons. The molecule has 0 atom stereocenters. The maximum Gasteiger partial charge on any atom is 0.324 e. The molecule has 0 saturated heterocycles. The van der Waals surface area contributed by atoms with Crippen LogP contribution in [0.5, 0.6) is 0 Å². The second-order valence-corrected chi connectivity index (χ2v) is 8.53. The Morgan fingerprint density at radius 2 is 1.79 bits per heavy atom. The molecule has 0 fully saturated rings. The van der Waals surface area contributed by atoms with Crippen LogP contribution in [0, 0.1) is 0 Å². The molecule has 8 heteroatoms. The van der Waals surface area contributed by atoms with Gasteiger partial charge in [0.25, 0.3) is 0 Å². The van der Waals surface area contributed by atoms with Crippen LogP contribution >= 0.6 is 10.8 Å². The van der Waals surface area contributed by atoms with Gasteiger partial charge >= 0.3 is 9.15 Å². The second kappa shape index (κ2) is 7.25. The molecule has 1 aromatic rings. The summed E-state index contributed by atoms with van der Waals surface area (Å²) in [6.07, 6.45) is 6.88. The van der Waals surface area contributed by atoms with Crippen molar-refractivity contribution in [3.63, 3.8) is 0 Å². The van der Waals surface area contributed by atoms with Crippen molar-refractivity contribution in [1.29, 1.82) is 0 Å². The van der Waals surface area contributed by atoms with Crippen LogP contribution in [0.1, 0.15) is 6.92 Å². The Morgan fingerprint density at radius 3 is 2.29 bits per heavy atom. The van der Waals surface area contributed by atoms with Crippen molar-refractivity contribution in [2.24, 2.45) is 4.99 Å². The van der Waals surface area contributed by atoms with E-state index < -0.39 is 9.15 Å². The monoisotopic (exact) mass is 366 g/mol. The maximum atomic E-state index is 11.2. The lowest BCUT2D eigenvalue weighted by Gasteiger charge is -2.14. The lowest BCUT2D eigenvalue weighted by Crippen LogP contribution is -2.08. The van der Waals surface area contributed by atoms with Crippen LogP contribution in [0.2, 0.25) is 0 Å². The molecule has 0 unspecified atom stereocenters. The fraction of sp³-hybridized carbons (Fsp3) is 0.188. The highest BCUT2D eigenvalue weighted by molar-refractivity contribution is 8.70. The van der Waals surface area contributed by atoms with Crippen molar-refractivity contribution < 1.29 is 18.1 Å². The molecule has 0 radical (unpaired) electrons. The van der Waals surface area contributed by atoms with E-state index in [4.69, 9.17) is 4.55 Å². The molecule has 0 aliphatic heterocycles. The number of aliphatic hydroxyl groups is 1. The molecule has 0 spiro atoms. The van der Waals surface area contributed by atoms with E-state index in [-0.39, 0.29) is 5.76 Å². The van der Waals surface area contributed by atoms with Gasteiger partial charge in [0, 0.05) is 36.1 Å². The molecule has 1 aliphatic carbocycles. The van der Waals surface area contributed by atoms with Gasteiger partial charge in [-0.05, 0) is 49.4 Å². The second-order valence-electron chi connectivity index (χ2n) is 5.30. The van der Waals surface area contributed by atoms with Crippen molar-refractivity contribution in [3.05, 3.63) is 53.8 Å². The minimum Gasteiger partial charge on any atom is -0.512 e. The van der Waals surface area contributed by atoms with E-state index in [0.29, 0.717) is 32.7 Å². The number of hydrogen-bond donors (Lipinski definition) is 2. The van der Waals surface area contributed by atoms with Crippen molar-refractivity contribution in [1.82, 2.24) is 0 Å². The molecule has 0 bridgehead atoms. The molecule has 2 N–H and O–H groups in total. The predicted octanol–water partition coefficient (Wildman–Crippen LogP) is 3.68. The van der Waals surface area contributed by atoms with Gasteiger partial charge in [-0.1, -0.05) is 0 Å². The summed E-state index contributed by atoms with van der Waals surface area (Å²) in [4.78, 5) is 6.58. The quantitative estimate of drug-likeness (QED) is 0.480. The summed E-state index contributed by atoms with van der Waals surface area (Å²) in [6.45, 7) is 1.59. The Labute approximate surface area is 145 Å². The van der Waals surface area contributed by atoms with Crippen LogP contribution in [0.15, 0.2) is 63.7 Å². The van der Waals surface area contributed by atoms with Gasteiger partial charge in [0.2, 0.25) is 0 Å². The van der Waals surface area contributed by atoms with Crippen molar-refractivity contribution >= 4 is 37.0 Å². The number of allylic oxidation sites excluding steroid dienone is 6. The highest BCUT2D eigenvalue weighted by Gasteiger charge is 2.14. The lowest BCUT2D eigenvalue weighted by atomic mass is 10.1. The van der Waals surface area contributed by atoms with Gasteiger partial charge in [0.15, 0.2) is 0 Å². The smallest absolute Gasteiger partial charge is 0.324 e. The molecule has 0 saturated carbocycles. The number of anilines is 1. The summed E-state index contributed by atoms with van der Waals surface area (Å²) < 4.78 is 31.6. The third kappa shape index (κ3) is 4.98. The van der Waals surface area contributed by atoms with Gasteiger partial charge in [0.1, 0.15) is 0 Å². The number of aliphatic hydroxyl groups excluding tert-OH is 1. The Bertz CT molecular complexity index is 844. The zero-order valence-electron chi connectivity index (χ0n) is 13.5. The molecule has 1 aromatic carbocycles. The summed E-state index contributed by atoms with van der Waals surface area (Å²) in [5.41, 5.74) is 2.51. The van der Waals surface area contributed by atoms with Crippen LogP contribution in [-0.4, -0.2) is 37.9 Å². The highest BCUT2D eigenvalue weighted by atomic mass is 33.1. The molecule has 2 rings (SSSR count). The molecule has 0 aromatic heterocycles. The lowest BCUT2D eigenvalue weighted by molar-refractivity contribution is 0.411. The van der Waals surface area contributed by atoms with E-state index in [1.165, 1.54) is 0 Å². The predicted molar refractivity (Wildman–Crippen MR) is 98.9 cm³/mol. The largest absolute Gasteiger partial charge is 0.512 e. The first kappa shape index (κ1) is 18.3. The first-order valence-electron chi connectivity index (χ1n) is 6.98. The summed E-state index contributed by atoms with van der Waals surface area (Å²) in [6, 6.07) is 5.16. The summed E-state index contributed by atoms with van der Waals surface area (Å²) in [5.74, 6) is 0.208. The summed E-state index contributed by atoms with van der Waals surface area (Å²) in [7, 11) is -0.233. The zero-order chi connectivity index (χ0) is 17.9. The summed E-state index contributed by atoms with van der Waals surface area (Å²) >= 11 is 0. The fourth-order valence-corrected chi connectivity index (χ4v) is 3.65. The number of rotatable bonds is 4. The van der Waals surface area contributed by atoms with E-state index >= 15 is 0 Å². The number of benzene rings is 1. The van der Waals surface area contributed by atoms with Gasteiger partial charge in [-0.3, -0.25) is 4.55 Å². The van der Waals surface area contributed by atoms with Gasteiger partial charge in [-0.2, -0.15) is 8.42 Å². The van der Waals surface area contributed by atoms with Crippen molar-refractivity contribution in [3.8, 4) is 0 Å². The van der Waals surface area contributed by atoms with E-state index in [2.05, 4.69) is 4.99 Å². The van der Waals surface area contributed by atoms with Crippen molar-refractivity contribution in [2.75, 3.05) is 19.0 Å².